The molecule has 10 heteroatoms. The van der Waals surface area contributed by atoms with Gasteiger partial charge in [0.05, 0.1) is 12.0 Å². The van der Waals surface area contributed by atoms with E-state index in [0.29, 0.717) is 18.5 Å². The van der Waals surface area contributed by atoms with Crippen LogP contribution in [0.5, 0.6) is 11.5 Å². The third-order valence-corrected chi connectivity index (χ3v) is 5.06. The molecule has 26 heavy (non-hydrogen) atoms. The summed E-state index contributed by atoms with van der Waals surface area (Å²) in [5, 5.41) is 13.7. The predicted octanol–water partition coefficient (Wildman–Crippen LogP) is 2.26. The van der Waals surface area contributed by atoms with Crippen LogP contribution in [0.1, 0.15) is 12.0 Å². The van der Waals surface area contributed by atoms with Gasteiger partial charge < -0.3 is 14.2 Å². The number of carbonyl (C=O) groups excluding carboxylic acids is 1. The molecule has 0 atom stereocenters. The van der Waals surface area contributed by atoms with E-state index in [1.54, 1.807) is 6.07 Å². The summed E-state index contributed by atoms with van der Waals surface area (Å²) < 4.78 is 34.8. The fraction of sp³-hybridized carbons (Fsp3) is 0.188. The summed E-state index contributed by atoms with van der Waals surface area (Å²) in [6, 6.07) is 7.71. The van der Waals surface area contributed by atoms with E-state index in [9.17, 15) is 23.3 Å². The average Bonchev–Trinajstić information content (AvgIpc) is 2.61. The van der Waals surface area contributed by atoms with Gasteiger partial charge in [-0.25, -0.2) is 0 Å². The van der Waals surface area contributed by atoms with Crippen molar-refractivity contribution < 1.29 is 27.1 Å². The highest BCUT2D eigenvalue weighted by atomic mass is 32.2. The van der Waals surface area contributed by atoms with Crippen LogP contribution in [0.15, 0.2) is 41.3 Å². The lowest BCUT2D eigenvalue weighted by atomic mass is 10.0. The van der Waals surface area contributed by atoms with Crippen LogP contribution >= 0.6 is 0 Å². The Kier molecular flexibility index (Phi) is 4.51. The number of nitrogens with zero attached hydrogens (tertiary/aromatic N) is 1. The zero-order valence-corrected chi connectivity index (χ0v) is 14.4. The smallest absolute Gasteiger partial charge is 0.339 e. The monoisotopic (exact) mass is 378 g/mol. The molecule has 1 N–H and O–H groups in total. The number of fused-ring (bicyclic) bond motifs is 1. The lowest BCUT2D eigenvalue weighted by molar-refractivity contribution is -0.386. The third-order valence-electron chi connectivity index (χ3n) is 3.81. The van der Waals surface area contributed by atoms with E-state index in [0.717, 1.165) is 11.6 Å². The molecule has 0 saturated heterocycles. The molecular weight excluding hydrogens is 364 g/mol. The zero-order valence-electron chi connectivity index (χ0n) is 13.6. The fourth-order valence-corrected chi connectivity index (χ4v) is 3.50. The maximum Gasteiger partial charge on any atom is 0.339 e. The van der Waals surface area contributed by atoms with Gasteiger partial charge in [-0.1, -0.05) is 0 Å². The highest BCUT2D eigenvalue weighted by Crippen LogP contribution is 2.32. The number of hydrogen-bond donors (Lipinski definition) is 1. The zero-order chi connectivity index (χ0) is 18.9. The Labute approximate surface area is 148 Å². The van der Waals surface area contributed by atoms with E-state index in [2.05, 4.69) is 5.32 Å². The van der Waals surface area contributed by atoms with Gasteiger partial charge in [0, 0.05) is 18.2 Å². The van der Waals surface area contributed by atoms with Crippen LogP contribution in [-0.4, -0.2) is 26.4 Å². The van der Waals surface area contributed by atoms with Crippen molar-refractivity contribution >= 4 is 27.4 Å². The van der Waals surface area contributed by atoms with Crippen LogP contribution in [0.2, 0.25) is 0 Å². The second kappa shape index (κ2) is 6.64. The molecule has 3 rings (SSSR count). The number of ether oxygens (including phenoxy) is 1. The molecule has 9 nitrogen and oxygen atoms in total. The van der Waals surface area contributed by atoms with E-state index in [4.69, 9.17) is 8.92 Å². The van der Waals surface area contributed by atoms with Crippen molar-refractivity contribution in [1.29, 1.82) is 0 Å². The van der Waals surface area contributed by atoms with Gasteiger partial charge >= 0.3 is 15.8 Å². The molecule has 136 valence electrons. The summed E-state index contributed by atoms with van der Waals surface area (Å²) >= 11 is 0. The molecule has 0 bridgehead atoms. The average molecular weight is 378 g/mol. The van der Waals surface area contributed by atoms with Crippen molar-refractivity contribution in [2.75, 3.05) is 12.4 Å². The lowest BCUT2D eigenvalue weighted by Crippen LogP contribution is -2.19. The van der Waals surface area contributed by atoms with Gasteiger partial charge in [0.1, 0.15) is 10.6 Å². The van der Waals surface area contributed by atoms with Crippen molar-refractivity contribution in [2.45, 2.75) is 17.7 Å². The quantitative estimate of drug-likeness (QED) is 0.480. The number of benzene rings is 2. The number of amides is 1. The summed E-state index contributed by atoms with van der Waals surface area (Å²) in [5.41, 5.74) is 0.870. The molecule has 0 aliphatic carbocycles. The number of hydrogen-bond acceptors (Lipinski definition) is 7. The topological polar surface area (TPSA) is 125 Å². The summed E-state index contributed by atoms with van der Waals surface area (Å²) in [4.78, 5) is 21.3. The molecule has 0 radical (unpaired) electrons. The second-order valence-electron chi connectivity index (χ2n) is 5.50. The van der Waals surface area contributed by atoms with Crippen molar-refractivity contribution in [3.63, 3.8) is 0 Å². The minimum atomic E-state index is -4.28. The molecule has 0 saturated carbocycles. The number of anilines is 1. The first kappa shape index (κ1) is 17.7. The highest BCUT2D eigenvalue weighted by molar-refractivity contribution is 7.87. The first-order valence-electron chi connectivity index (χ1n) is 7.50. The number of nitrogens with one attached hydrogen (secondary N) is 1. The summed E-state index contributed by atoms with van der Waals surface area (Å²) in [6.45, 7) is 0. The van der Waals surface area contributed by atoms with Crippen LogP contribution in [0.3, 0.4) is 0 Å². The van der Waals surface area contributed by atoms with Gasteiger partial charge in [-0.15, -0.1) is 0 Å². The second-order valence-corrected chi connectivity index (χ2v) is 7.04. The normalized spacial score (nSPS) is 13.5. The van der Waals surface area contributed by atoms with Crippen LogP contribution in [-0.2, 0) is 21.3 Å². The number of rotatable bonds is 5. The molecule has 0 spiro atoms. The lowest BCUT2D eigenvalue weighted by Gasteiger charge is -2.17. The van der Waals surface area contributed by atoms with Crippen molar-refractivity contribution in [3.8, 4) is 11.5 Å². The molecular formula is C16H14N2O7S. The van der Waals surface area contributed by atoms with Gasteiger partial charge in [-0.2, -0.15) is 8.42 Å². The highest BCUT2D eigenvalue weighted by Gasteiger charge is 2.24. The minimum Gasteiger partial charge on any atom is -0.490 e. The molecule has 2 aromatic rings. The first-order chi connectivity index (χ1) is 12.3. The Bertz CT molecular complexity index is 1000. The Morgan fingerprint density at radius 3 is 2.62 bits per heavy atom. The number of aryl methyl sites for hydroxylation is 1. The maximum absolute atomic E-state index is 12.4. The van der Waals surface area contributed by atoms with Crippen LogP contribution < -0.4 is 14.2 Å². The van der Waals surface area contributed by atoms with Gasteiger partial charge in [0.2, 0.25) is 5.91 Å². The van der Waals surface area contributed by atoms with Crippen LogP contribution in [0.25, 0.3) is 0 Å². The van der Waals surface area contributed by atoms with E-state index in [-0.39, 0.29) is 22.3 Å². The fourth-order valence-electron chi connectivity index (χ4n) is 2.55. The van der Waals surface area contributed by atoms with Gasteiger partial charge in [-0.3, -0.25) is 14.9 Å². The van der Waals surface area contributed by atoms with Crippen molar-refractivity contribution in [2.24, 2.45) is 0 Å². The first-order valence-corrected chi connectivity index (χ1v) is 8.90. The predicted molar refractivity (Wildman–Crippen MR) is 90.9 cm³/mol. The molecule has 2 aromatic carbocycles. The Balaban J connectivity index is 1.91. The Morgan fingerprint density at radius 2 is 1.92 bits per heavy atom. The van der Waals surface area contributed by atoms with Crippen LogP contribution in [0, 0.1) is 10.1 Å². The molecule has 0 fully saturated rings. The number of carbonyl (C=O) groups is 1. The number of methoxy groups -OCH3 is 1. The third kappa shape index (κ3) is 3.45. The Hall–Kier alpha value is -3.14. The summed E-state index contributed by atoms with van der Waals surface area (Å²) in [5.74, 6) is -0.110. The van der Waals surface area contributed by atoms with Crippen molar-refractivity contribution in [3.05, 3.63) is 52.1 Å². The molecule has 1 aliphatic heterocycles. The van der Waals surface area contributed by atoms with Crippen LogP contribution in [0.4, 0.5) is 11.4 Å². The summed E-state index contributed by atoms with van der Waals surface area (Å²) in [7, 11) is -3.03. The summed E-state index contributed by atoms with van der Waals surface area (Å²) in [6.07, 6.45) is 0.764. The molecule has 1 heterocycles. The van der Waals surface area contributed by atoms with E-state index < -0.39 is 20.7 Å². The largest absolute Gasteiger partial charge is 0.490 e. The van der Waals surface area contributed by atoms with E-state index >= 15 is 0 Å². The maximum atomic E-state index is 12.4. The van der Waals surface area contributed by atoms with E-state index in [1.807, 2.05) is 0 Å². The Morgan fingerprint density at radius 1 is 1.15 bits per heavy atom. The standard InChI is InChI=1S/C16H14N2O7S/c1-24-15-6-4-12(9-14(15)18(20)21)26(22,23)25-11-3-5-13-10(8-11)2-7-16(19)17-13/h3-6,8-9H,2,7H2,1H3,(H,17,19). The van der Waals surface area contributed by atoms with Gasteiger partial charge in [0.15, 0.2) is 5.75 Å². The SMILES string of the molecule is COc1ccc(S(=O)(=O)Oc2ccc3c(c2)CCC(=O)N3)cc1[N+](=O)[O-]. The molecule has 1 amide bonds. The molecule has 0 unspecified atom stereocenters. The minimum absolute atomic E-state index is 0.0540. The van der Waals surface area contributed by atoms with Gasteiger partial charge in [0.25, 0.3) is 0 Å². The number of nitro benzene ring substituents is 1. The molecule has 0 aromatic heterocycles. The van der Waals surface area contributed by atoms with E-state index in [1.165, 1.54) is 31.4 Å². The van der Waals surface area contributed by atoms with Crippen molar-refractivity contribution in [1.82, 2.24) is 0 Å². The van der Waals surface area contributed by atoms with Gasteiger partial charge in [-0.05, 0) is 42.3 Å². The number of nitro groups is 1. The molecule has 1 aliphatic rings.